The molecule has 0 bridgehead atoms. The minimum absolute atomic E-state index is 0.00614. The first-order valence-electron chi connectivity index (χ1n) is 10.6. The van der Waals surface area contributed by atoms with Gasteiger partial charge in [-0.1, -0.05) is 47.6 Å². The highest BCUT2D eigenvalue weighted by molar-refractivity contribution is 7.99. The first kappa shape index (κ1) is 25.0. The third-order valence-electron chi connectivity index (χ3n) is 4.97. The van der Waals surface area contributed by atoms with E-state index in [1.165, 1.54) is 24.0 Å². The van der Waals surface area contributed by atoms with Crippen LogP contribution in [0.4, 0.5) is 0 Å². The number of carboxylic acids is 1. The van der Waals surface area contributed by atoms with Crippen molar-refractivity contribution in [3.63, 3.8) is 0 Å². The zero-order valence-corrected chi connectivity index (χ0v) is 20.5. The van der Waals surface area contributed by atoms with E-state index in [1.54, 1.807) is 37.4 Å². The highest BCUT2D eigenvalue weighted by Gasteiger charge is 2.17. The van der Waals surface area contributed by atoms with Gasteiger partial charge in [0, 0.05) is 27.4 Å². The monoisotopic (exact) mass is 520 g/mol. The van der Waals surface area contributed by atoms with E-state index in [9.17, 15) is 14.7 Å². The molecule has 3 aromatic carbocycles. The summed E-state index contributed by atoms with van der Waals surface area (Å²) in [6, 6.07) is 20.8. The van der Waals surface area contributed by atoms with Crippen molar-refractivity contribution >= 4 is 41.5 Å². The van der Waals surface area contributed by atoms with Gasteiger partial charge in [-0.2, -0.15) is 5.10 Å². The second kappa shape index (κ2) is 11.5. The number of aromatic carboxylic acids is 1. The molecule has 182 valence electrons. The summed E-state index contributed by atoms with van der Waals surface area (Å²) < 4.78 is 7.06. The smallest absolute Gasteiger partial charge is 0.250 e. The molecule has 4 rings (SSSR count). The number of aromatic nitrogens is 3. The number of hydrazone groups is 1. The molecule has 11 heteroatoms. The van der Waals surface area contributed by atoms with Gasteiger partial charge >= 0.3 is 0 Å². The van der Waals surface area contributed by atoms with Gasteiger partial charge in [-0.25, -0.2) is 5.43 Å². The van der Waals surface area contributed by atoms with Gasteiger partial charge in [0.15, 0.2) is 11.0 Å². The Balaban J connectivity index is 1.51. The molecule has 0 fully saturated rings. The molecule has 4 aromatic rings. The van der Waals surface area contributed by atoms with E-state index >= 15 is 0 Å². The SMILES string of the molecule is COc1ccc(-c2nnc(SCC(=O)N/N=C\c3ccccc3C(=O)[O-])n2-c2ccc(Cl)cc2)cc1. The number of nitrogens with one attached hydrogen (secondary N) is 1. The molecule has 1 amide bonds. The summed E-state index contributed by atoms with van der Waals surface area (Å²) in [5, 5.41) is 24.8. The van der Waals surface area contributed by atoms with Crippen LogP contribution >= 0.6 is 23.4 Å². The lowest BCUT2D eigenvalue weighted by atomic mass is 10.1. The molecule has 0 aliphatic heterocycles. The third-order valence-corrected chi connectivity index (χ3v) is 6.15. The summed E-state index contributed by atoms with van der Waals surface area (Å²) in [6.45, 7) is 0. The summed E-state index contributed by atoms with van der Waals surface area (Å²) >= 11 is 7.24. The Labute approximate surface area is 215 Å². The molecule has 0 spiro atoms. The van der Waals surface area contributed by atoms with Crippen LogP contribution in [-0.4, -0.2) is 45.7 Å². The van der Waals surface area contributed by atoms with Crippen LogP contribution in [0, 0.1) is 0 Å². The van der Waals surface area contributed by atoms with Crippen molar-refractivity contribution < 1.29 is 19.4 Å². The van der Waals surface area contributed by atoms with Gasteiger partial charge in [-0.15, -0.1) is 10.2 Å². The van der Waals surface area contributed by atoms with Gasteiger partial charge in [0.05, 0.1) is 25.0 Å². The van der Waals surface area contributed by atoms with Crippen LogP contribution in [0.1, 0.15) is 15.9 Å². The van der Waals surface area contributed by atoms with Gasteiger partial charge in [-0.05, 0) is 48.5 Å². The highest BCUT2D eigenvalue weighted by Crippen LogP contribution is 2.29. The number of ether oxygens (including phenoxy) is 1. The number of halogens is 1. The van der Waals surface area contributed by atoms with Crippen LogP contribution in [0.25, 0.3) is 17.1 Å². The second-order valence-electron chi connectivity index (χ2n) is 7.30. The Morgan fingerprint density at radius 3 is 2.50 bits per heavy atom. The van der Waals surface area contributed by atoms with Crippen molar-refractivity contribution in [3.05, 3.63) is 88.9 Å². The lowest BCUT2D eigenvalue weighted by Gasteiger charge is -2.11. The average Bonchev–Trinajstić information content (AvgIpc) is 3.32. The van der Waals surface area contributed by atoms with Crippen molar-refractivity contribution in [2.24, 2.45) is 5.10 Å². The topological polar surface area (TPSA) is 122 Å². The van der Waals surface area contributed by atoms with Gasteiger partial charge in [-0.3, -0.25) is 9.36 Å². The minimum Gasteiger partial charge on any atom is -0.545 e. The molecular formula is C25H19ClN5O4S-. The number of hydrogen-bond acceptors (Lipinski definition) is 8. The Bertz CT molecular complexity index is 1400. The lowest BCUT2D eigenvalue weighted by Crippen LogP contribution is -2.24. The van der Waals surface area contributed by atoms with Crippen molar-refractivity contribution in [1.82, 2.24) is 20.2 Å². The van der Waals surface area contributed by atoms with Crippen molar-refractivity contribution in [2.45, 2.75) is 5.16 Å². The molecule has 0 aliphatic rings. The molecule has 36 heavy (non-hydrogen) atoms. The number of methoxy groups -OCH3 is 1. The largest absolute Gasteiger partial charge is 0.545 e. The fraction of sp³-hybridized carbons (Fsp3) is 0.0800. The number of carbonyl (C=O) groups excluding carboxylic acids is 2. The summed E-state index contributed by atoms with van der Waals surface area (Å²) in [4.78, 5) is 23.6. The van der Waals surface area contributed by atoms with Crippen molar-refractivity contribution in [3.8, 4) is 22.8 Å². The number of benzene rings is 3. The van der Waals surface area contributed by atoms with E-state index in [-0.39, 0.29) is 11.3 Å². The maximum Gasteiger partial charge on any atom is 0.250 e. The molecular weight excluding hydrogens is 502 g/mol. The molecule has 1 aromatic heterocycles. The lowest BCUT2D eigenvalue weighted by molar-refractivity contribution is -0.255. The molecule has 0 atom stereocenters. The van der Waals surface area contributed by atoms with Crippen LogP contribution < -0.4 is 15.3 Å². The Morgan fingerprint density at radius 1 is 1.08 bits per heavy atom. The van der Waals surface area contributed by atoms with E-state index in [4.69, 9.17) is 16.3 Å². The van der Waals surface area contributed by atoms with E-state index in [0.717, 1.165) is 11.3 Å². The van der Waals surface area contributed by atoms with Gasteiger partial charge in [0.25, 0.3) is 5.91 Å². The fourth-order valence-electron chi connectivity index (χ4n) is 3.25. The van der Waals surface area contributed by atoms with Crippen LogP contribution in [-0.2, 0) is 4.79 Å². The minimum atomic E-state index is -1.33. The number of carbonyl (C=O) groups is 2. The summed E-state index contributed by atoms with van der Waals surface area (Å²) in [5.74, 6) is -0.439. The average molecular weight is 521 g/mol. The predicted molar refractivity (Wildman–Crippen MR) is 136 cm³/mol. The number of nitrogens with zero attached hydrogens (tertiary/aromatic N) is 4. The van der Waals surface area contributed by atoms with E-state index in [1.807, 2.05) is 41.0 Å². The van der Waals surface area contributed by atoms with E-state index < -0.39 is 11.9 Å². The fourth-order valence-corrected chi connectivity index (χ4v) is 4.12. The maximum atomic E-state index is 12.4. The van der Waals surface area contributed by atoms with Crippen molar-refractivity contribution in [1.29, 1.82) is 0 Å². The Kier molecular flexibility index (Phi) is 7.99. The molecule has 1 heterocycles. The van der Waals surface area contributed by atoms with Crippen LogP contribution in [0.15, 0.2) is 83.1 Å². The molecule has 0 unspecified atom stereocenters. The van der Waals surface area contributed by atoms with Crippen LogP contribution in [0.2, 0.25) is 5.02 Å². The zero-order chi connectivity index (χ0) is 25.5. The normalized spacial score (nSPS) is 10.9. The Morgan fingerprint density at radius 2 is 1.81 bits per heavy atom. The van der Waals surface area contributed by atoms with Crippen molar-refractivity contribution in [2.75, 3.05) is 12.9 Å². The third kappa shape index (κ3) is 5.91. The zero-order valence-electron chi connectivity index (χ0n) is 18.9. The van der Waals surface area contributed by atoms with Crippen LogP contribution in [0.5, 0.6) is 5.75 Å². The first-order chi connectivity index (χ1) is 17.5. The highest BCUT2D eigenvalue weighted by atomic mass is 35.5. The predicted octanol–water partition coefficient (Wildman–Crippen LogP) is 3.20. The van der Waals surface area contributed by atoms with Gasteiger partial charge < -0.3 is 14.6 Å². The van der Waals surface area contributed by atoms with Gasteiger partial charge in [0.1, 0.15) is 5.75 Å². The number of hydrogen-bond donors (Lipinski definition) is 1. The number of thioether (sulfide) groups is 1. The molecule has 0 saturated carbocycles. The standard InChI is InChI=1S/C25H20ClN5O4S/c1-35-20-12-6-16(7-13-20)23-29-30-25(31(23)19-10-8-18(26)9-11-19)36-15-22(32)28-27-14-17-4-2-3-5-21(17)24(33)34/h2-14H,15H2,1H3,(H,28,32)(H,33,34)/p-1/b27-14-. The van der Waals surface area contributed by atoms with Crippen LogP contribution in [0.3, 0.4) is 0 Å². The summed E-state index contributed by atoms with van der Waals surface area (Å²) in [6.07, 6.45) is 1.26. The number of rotatable bonds is 9. The molecule has 0 saturated heterocycles. The second-order valence-corrected chi connectivity index (χ2v) is 8.68. The van der Waals surface area contributed by atoms with E-state index in [2.05, 4.69) is 20.7 Å². The molecule has 9 nitrogen and oxygen atoms in total. The van der Waals surface area contributed by atoms with Gasteiger partial charge in [0.2, 0.25) is 0 Å². The maximum absolute atomic E-state index is 12.4. The summed E-state index contributed by atoms with van der Waals surface area (Å²) in [7, 11) is 1.59. The number of carboxylic acid groups (broad SMARTS) is 1. The molecule has 0 aliphatic carbocycles. The summed E-state index contributed by atoms with van der Waals surface area (Å²) in [5.41, 5.74) is 4.27. The molecule has 0 radical (unpaired) electrons. The first-order valence-corrected chi connectivity index (χ1v) is 11.9. The quantitative estimate of drug-likeness (QED) is 0.204. The molecule has 1 N–H and O–H groups in total. The van der Waals surface area contributed by atoms with E-state index in [0.29, 0.717) is 27.3 Å². The Hall–Kier alpha value is -4.15. The number of amides is 1.